The molecule has 0 bridgehead atoms. The minimum atomic E-state index is 0.352. The van der Waals surface area contributed by atoms with E-state index in [9.17, 15) is 0 Å². The molecule has 0 amide bonds. The van der Waals surface area contributed by atoms with Crippen LogP contribution in [0.1, 0.15) is 38.1 Å². The summed E-state index contributed by atoms with van der Waals surface area (Å²) in [6.45, 7) is 1.58. The first kappa shape index (κ1) is 11.5. The molecule has 2 aliphatic rings. The Morgan fingerprint density at radius 1 is 1.35 bits per heavy atom. The molecule has 1 aliphatic heterocycles. The third kappa shape index (κ3) is 2.36. The Morgan fingerprint density at radius 2 is 2.18 bits per heavy atom. The van der Waals surface area contributed by atoms with Gasteiger partial charge in [0.1, 0.15) is 4.60 Å². The number of rotatable bonds is 3. The summed E-state index contributed by atoms with van der Waals surface area (Å²) in [6, 6.07) is 0.352. The lowest BCUT2D eigenvalue weighted by Crippen LogP contribution is -2.12. The maximum atomic E-state index is 5.98. The van der Waals surface area contributed by atoms with Gasteiger partial charge in [-0.2, -0.15) is 5.10 Å². The van der Waals surface area contributed by atoms with Gasteiger partial charge in [-0.05, 0) is 48.0 Å². The van der Waals surface area contributed by atoms with Crippen LogP contribution in [-0.4, -0.2) is 29.1 Å². The second-order valence-corrected chi connectivity index (χ2v) is 5.54. The number of nitrogens with zero attached hydrogens (tertiary/aromatic N) is 2. The molecule has 1 aromatic rings. The van der Waals surface area contributed by atoms with Gasteiger partial charge in [0.25, 0.3) is 0 Å². The van der Waals surface area contributed by atoms with Gasteiger partial charge < -0.3 is 9.47 Å². The molecule has 2 heterocycles. The first-order chi connectivity index (χ1) is 8.34. The highest BCUT2D eigenvalue weighted by Gasteiger charge is 2.24. The molecule has 0 spiro atoms. The van der Waals surface area contributed by atoms with E-state index in [1.165, 1.54) is 25.7 Å². The van der Waals surface area contributed by atoms with Crippen LogP contribution in [0.15, 0.2) is 10.8 Å². The van der Waals surface area contributed by atoms with Gasteiger partial charge in [0, 0.05) is 6.61 Å². The Hall–Kier alpha value is -0.550. The molecular weight excluding hydrogens is 284 g/mol. The Kier molecular flexibility index (Phi) is 3.38. The third-order valence-corrected chi connectivity index (χ3v) is 4.31. The summed E-state index contributed by atoms with van der Waals surface area (Å²) < 4.78 is 14.3. The average molecular weight is 301 g/mol. The molecule has 4 nitrogen and oxygen atoms in total. The van der Waals surface area contributed by atoms with Gasteiger partial charge in [-0.3, -0.25) is 0 Å². The lowest BCUT2D eigenvalue weighted by Gasteiger charge is -2.13. The van der Waals surface area contributed by atoms with Gasteiger partial charge in [-0.1, -0.05) is 0 Å². The van der Waals surface area contributed by atoms with Crippen LogP contribution in [0.2, 0.25) is 0 Å². The highest BCUT2D eigenvalue weighted by atomic mass is 79.9. The predicted molar refractivity (Wildman–Crippen MR) is 67.3 cm³/mol. The lowest BCUT2D eigenvalue weighted by atomic mass is 10.3. The summed E-state index contributed by atoms with van der Waals surface area (Å²) in [6.07, 6.45) is 8.14. The molecule has 1 saturated carbocycles. The molecule has 2 fully saturated rings. The van der Waals surface area contributed by atoms with Crippen molar-refractivity contribution in [2.45, 2.75) is 44.2 Å². The van der Waals surface area contributed by atoms with E-state index < -0.39 is 0 Å². The second kappa shape index (κ2) is 4.98. The number of halogens is 1. The second-order valence-electron chi connectivity index (χ2n) is 4.79. The summed E-state index contributed by atoms with van der Waals surface area (Å²) >= 11 is 3.59. The molecule has 1 aromatic heterocycles. The van der Waals surface area contributed by atoms with Crippen molar-refractivity contribution >= 4 is 15.9 Å². The van der Waals surface area contributed by atoms with E-state index in [1.54, 1.807) is 0 Å². The smallest absolute Gasteiger partial charge is 0.172 e. The van der Waals surface area contributed by atoms with Crippen LogP contribution < -0.4 is 4.74 Å². The van der Waals surface area contributed by atoms with Crippen molar-refractivity contribution in [3.05, 3.63) is 10.8 Å². The zero-order valence-electron chi connectivity index (χ0n) is 9.77. The van der Waals surface area contributed by atoms with Crippen LogP contribution in [-0.2, 0) is 4.74 Å². The van der Waals surface area contributed by atoms with Crippen LogP contribution in [0.5, 0.6) is 5.75 Å². The number of ether oxygens (including phenoxy) is 2. The fraction of sp³-hybridized carbons (Fsp3) is 0.750. The maximum Gasteiger partial charge on any atom is 0.172 e. The van der Waals surface area contributed by atoms with Gasteiger partial charge in [-0.15, -0.1) is 0 Å². The largest absolute Gasteiger partial charge is 0.486 e. The highest BCUT2D eigenvalue weighted by Crippen LogP contribution is 2.33. The minimum absolute atomic E-state index is 0.352. The van der Waals surface area contributed by atoms with E-state index in [1.807, 2.05) is 10.9 Å². The molecule has 0 N–H and O–H groups in total. The Bertz CT molecular complexity index is 382. The van der Waals surface area contributed by atoms with E-state index >= 15 is 0 Å². The van der Waals surface area contributed by atoms with Crippen molar-refractivity contribution in [3.63, 3.8) is 0 Å². The van der Waals surface area contributed by atoms with Crippen molar-refractivity contribution in [2.75, 3.05) is 13.2 Å². The number of aromatic nitrogens is 2. The summed E-state index contributed by atoms with van der Waals surface area (Å²) in [5, 5.41) is 4.40. The van der Waals surface area contributed by atoms with Crippen LogP contribution in [0.3, 0.4) is 0 Å². The minimum Gasteiger partial charge on any atom is -0.486 e. The number of hydrogen-bond donors (Lipinski definition) is 0. The van der Waals surface area contributed by atoms with Crippen molar-refractivity contribution in [3.8, 4) is 5.75 Å². The molecule has 1 atom stereocenters. The lowest BCUT2D eigenvalue weighted by molar-refractivity contribution is 0.183. The van der Waals surface area contributed by atoms with Gasteiger partial charge in [-0.25, -0.2) is 4.68 Å². The summed E-state index contributed by atoms with van der Waals surface area (Å²) in [5.41, 5.74) is 0. The van der Waals surface area contributed by atoms with Gasteiger partial charge >= 0.3 is 0 Å². The highest BCUT2D eigenvalue weighted by molar-refractivity contribution is 9.10. The van der Waals surface area contributed by atoms with Crippen molar-refractivity contribution in [2.24, 2.45) is 0 Å². The van der Waals surface area contributed by atoms with Crippen LogP contribution in [0.4, 0.5) is 0 Å². The molecular formula is C12H17BrN2O2. The van der Waals surface area contributed by atoms with E-state index in [0.717, 1.165) is 30.0 Å². The Morgan fingerprint density at radius 3 is 2.88 bits per heavy atom. The van der Waals surface area contributed by atoms with Crippen molar-refractivity contribution < 1.29 is 9.47 Å². The van der Waals surface area contributed by atoms with E-state index in [4.69, 9.17) is 9.47 Å². The third-order valence-electron chi connectivity index (χ3n) is 3.55. The summed E-state index contributed by atoms with van der Waals surface area (Å²) in [4.78, 5) is 0. The van der Waals surface area contributed by atoms with Crippen LogP contribution in [0.25, 0.3) is 0 Å². The first-order valence-corrected chi connectivity index (χ1v) is 7.11. The first-order valence-electron chi connectivity index (χ1n) is 6.32. The SMILES string of the molecule is Brc1c(OC2CCCC2)cnn1C1CCOC1. The molecule has 17 heavy (non-hydrogen) atoms. The van der Waals surface area contributed by atoms with Gasteiger partial charge in [0.15, 0.2) is 5.75 Å². The maximum absolute atomic E-state index is 5.98. The Balaban J connectivity index is 1.72. The van der Waals surface area contributed by atoms with Crippen molar-refractivity contribution in [1.29, 1.82) is 0 Å². The fourth-order valence-corrected chi connectivity index (χ4v) is 3.14. The number of hydrogen-bond acceptors (Lipinski definition) is 3. The van der Waals surface area contributed by atoms with Crippen molar-refractivity contribution in [1.82, 2.24) is 9.78 Å². The molecule has 0 radical (unpaired) electrons. The normalized spacial score (nSPS) is 25.6. The summed E-state index contributed by atoms with van der Waals surface area (Å²) in [5.74, 6) is 0.879. The molecule has 1 saturated heterocycles. The van der Waals surface area contributed by atoms with Gasteiger partial charge in [0.05, 0.1) is 24.9 Å². The average Bonchev–Trinajstić information content (AvgIpc) is 3.03. The predicted octanol–water partition coefficient (Wildman–Crippen LogP) is 2.93. The topological polar surface area (TPSA) is 36.3 Å². The summed E-state index contributed by atoms with van der Waals surface area (Å²) in [7, 11) is 0. The van der Waals surface area contributed by atoms with E-state index in [0.29, 0.717) is 12.1 Å². The molecule has 94 valence electrons. The fourth-order valence-electron chi connectivity index (χ4n) is 2.57. The molecule has 5 heteroatoms. The van der Waals surface area contributed by atoms with Gasteiger partial charge in [0.2, 0.25) is 0 Å². The molecule has 1 aliphatic carbocycles. The zero-order chi connectivity index (χ0) is 11.7. The Labute approximate surface area is 109 Å². The zero-order valence-corrected chi connectivity index (χ0v) is 11.4. The van der Waals surface area contributed by atoms with Crippen LogP contribution in [0, 0.1) is 0 Å². The molecule has 0 aromatic carbocycles. The molecule has 1 unspecified atom stereocenters. The quantitative estimate of drug-likeness (QED) is 0.861. The standard InChI is InChI=1S/C12H17BrN2O2/c13-12-11(17-10-3-1-2-4-10)7-14-15(12)9-5-6-16-8-9/h7,9-10H,1-6,8H2. The van der Waals surface area contributed by atoms with E-state index in [-0.39, 0.29) is 0 Å². The van der Waals surface area contributed by atoms with Crippen LogP contribution >= 0.6 is 15.9 Å². The molecule has 3 rings (SSSR count). The van der Waals surface area contributed by atoms with E-state index in [2.05, 4.69) is 21.0 Å². The monoisotopic (exact) mass is 300 g/mol.